The van der Waals surface area contributed by atoms with Crippen molar-refractivity contribution in [2.75, 3.05) is 38.2 Å². The molecule has 0 bridgehead atoms. The number of aromatic nitrogens is 1. The van der Waals surface area contributed by atoms with Crippen LogP contribution in [-0.4, -0.2) is 49.1 Å². The minimum absolute atomic E-state index is 0.00512. The van der Waals surface area contributed by atoms with Crippen LogP contribution < -0.4 is 15.3 Å². The third-order valence-corrected chi connectivity index (χ3v) is 6.52. The van der Waals surface area contributed by atoms with E-state index < -0.39 is 11.5 Å². The topological polar surface area (TPSA) is 75.9 Å². The number of carbonyl (C=O) groups excluding carboxylic acids is 1. The summed E-state index contributed by atoms with van der Waals surface area (Å²) in [6.07, 6.45) is 0. The van der Waals surface area contributed by atoms with E-state index in [0.717, 1.165) is 17.8 Å². The fourth-order valence-electron chi connectivity index (χ4n) is 3.61. The van der Waals surface area contributed by atoms with Crippen LogP contribution in [0.2, 0.25) is 0 Å². The van der Waals surface area contributed by atoms with Gasteiger partial charge in [-0.25, -0.2) is 9.78 Å². The molecule has 0 saturated heterocycles. The van der Waals surface area contributed by atoms with E-state index in [-0.39, 0.29) is 5.56 Å². The Hall–Kier alpha value is -3.23. The van der Waals surface area contributed by atoms with Crippen molar-refractivity contribution in [3.05, 3.63) is 64.5 Å². The molecular formula is C24H25N3O4S. The van der Waals surface area contributed by atoms with Crippen LogP contribution in [0.4, 0.5) is 5.13 Å². The van der Waals surface area contributed by atoms with Gasteiger partial charge in [0.05, 0.1) is 11.8 Å². The Bertz CT molecular complexity index is 1310. The average molecular weight is 452 g/mol. The van der Waals surface area contributed by atoms with Crippen molar-refractivity contribution in [2.24, 2.45) is 0 Å². The van der Waals surface area contributed by atoms with Crippen LogP contribution in [0.5, 0.6) is 5.75 Å². The third kappa shape index (κ3) is 4.24. The monoisotopic (exact) mass is 451 g/mol. The van der Waals surface area contributed by atoms with Crippen LogP contribution in [0.3, 0.4) is 0 Å². The largest absolute Gasteiger partial charge is 0.494 e. The number of ether oxygens (including phenoxy) is 1. The first kappa shape index (κ1) is 22.0. The molecule has 0 spiro atoms. The first-order valence-electron chi connectivity index (χ1n) is 10.6. The Kier molecular flexibility index (Phi) is 6.53. The molecule has 0 N–H and O–H groups in total. The summed E-state index contributed by atoms with van der Waals surface area (Å²) < 4.78 is 11.8. The Labute approximate surface area is 189 Å². The molecule has 166 valence electrons. The minimum Gasteiger partial charge on any atom is -0.494 e. The lowest BCUT2D eigenvalue weighted by molar-refractivity contribution is 0.0980. The van der Waals surface area contributed by atoms with E-state index >= 15 is 0 Å². The minimum atomic E-state index is -0.653. The first-order chi connectivity index (χ1) is 15.5. The van der Waals surface area contributed by atoms with E-state index in [0.29, 0.717) is 40.5 Å². The molecule has 0 aliphatic rings. The van der Waals surface area contributed by atoms with Crippen LogP contribution in [0.1, 0.15) is 24.2 Å². The summed E-state index contributed by atoms with van der Waals surface area (Å²) in [5.41, 5.74) is 0.490. The van der Waals surface area contributed by atoms with Gasteiger partial charge >= 0.3 is 5.63 Å². The van der Waals surface area contributed by atoms with Gasteiger partial charge in [-0.2, -0.15) is 0 Å². The molecule has 32 heavy (non-hydrogen) atoms. The van der Waals surface area contributed by atoms with Gasteiger partial charge in [0.2, 0.25) is 0 Å². The number of amides is 1. The second-order valence-corrected chi connectivity index (χ2v) is 8.28. The smallest absolute Gasteiger partial charge is 0.349 e. The van der Waals surface area contributed by atoms with Crippen LogP contribution in [0.15, 0.2) is 57.7 Å². The first-order valence-corrected chi connectivity index (χ1v) is 11.4. The Morgan fingerprint density at radius 2 is 1.88 bits per heavy atom. The molecular weight excluding hydrogens is 426 g/mol. The van der Waals surface area contributed by atoms with Gasteiger partial charge in [0.1, 0.15) is 22.4 Å². The van der Waals surface area contributed by atoms with Gasteiger partial charge in [-0.3, -0.25) is 9.69 Å². The Balaban J connectivity index is 1.78. The predicted molar refractivity (Wildman–Crippen MR) is 128 cm³/mol. The molecule has 0 saturated carbocycles. The van der Waals surface area contributed by atoms with Crippen molar-refractivity contribution in [3.8, 4) is 5.75 Å². The highest BCUT2D eigenvalue weighted by atomic mass is 32.1. The van der Waals surface area contributed by atoms with Crippen LogP contribution in [-0.2, 0) is 0 Å². The third-order valence-electron chi connectivity index (χ3n) is 5.47. The summed E-state index contributed by atoms with van der Waals surface area (Å²) >= 11 is 1.40. The Morgan fingerprint density at radius 1 is 1.09 bits per heavy atom. The highest BCUT2D eigenvalue weighted by Gasteiger charge is 2.25. The number of hydrogen-bond acceptors (Lipinski definition) is 7. The van der Waals surface area contributed by atoms with Gasteiger partial charge < -0.3 is 14.1 Å². The van der Waals surface area contributed by atoms with Crippen LogP contribution >= 0.6 is 11.3 Å². The maximum atomic E-state index is 13.6. The van der Waals surface area contributed by atoms with Gasteiger partial charge in [-0.05, 0) is 37.4 Å². The summed E-state index contributed by atoms with van der Waals surface area (Å²) in [6, 6.07) is 14.4. The lowest BCUT2D eigenvalue weighted by Crippen LogP contribution is -2.40. The maximum Gasteiger partial charge on any atom is 0.349 e. The molecule has 0 atom stereocenters. The summed E-state index contributed by atoms with van der Waals surface area (Å²) in [7, 11) is 1.59. The molecule has 0 unspecified atom stereocenters. The molecule has 0 fully saturated rings. The van der Waals surface area contributed by atoms with Crippen molar-refractivity contribution >= 4 is 43.6 Å². The zero-order chi connectivity index (χ0) is 22.7. The maximum absolute atomic E-state index is 13.6. The highest BCUT2D eigenvalue weighted by Crippen LogP contribution is 2.34. The normalized spacial score (nSPS) is 11.4. The summed E-state index contributed by atoms with van der Waals surface area (Å²) in [6.45, 7) is 6.95. The second-order valence-electron chi connectivity index (χ2n) is 7.27. The standard InChI is InChI=1S/C24H25N3O4S/c1-4-26(5-2)13-14-27(24-25-21-19(30-3)11-8-12-20(21)32-24)22(28)17-15-16-9-6-7-10-18(16)31-23(17)29/h6-12,15H,4-5,13-14H2,1-3H3. The van der Waals surface area contributed by atoms with E-state index in [2.05, 4.69) is 18.7 Å². The fourth-order valence-corrected chi connectivity index (χ4v) is 4.62. The predicted octanol–water partition coefficient (Wildman–Crippen LogP) is 4.40. The molecule has 0 aliphatic heterocycles. The van der Waals surface area contributed by atoms with Crippen LogP contribution in [0, 0.1) is 0 Å². The lowest BCUT2D eigenvalue weighted by Gasteiger charge is -2.24. The second kappa shape index (κ2) is 9.50. The molecule has 2 heterocycles. The number of nitrogens with zero attached hydrogens (tertiary/aromatic N) is 3. The van der Waals surface area contributed by atoms with Gasteiger partial charge in [0, 0.05) is 18.5 Å². The number of thiazole rings is 1. The zero-order valence-corrected chi connectivity index (χ0v) is 19.1. The van der Waals surface area contributed by atoms with Gasteiger partial charge in [-0.15, -0.1) is 0 Å². The summed E-state index contributed by atoms with van der Waals surface area (Å²) in [5, 5.41) is 1.22. The number of para-hydroxylation sites is 2. The van der Waals surface area contributed by atoms with Crippen molar-refractivity contribution < 1.29 is 13.9 Å². The lowest BCUT2D eigenvalue weighted by atomic mass is 10.1. The van der Waals surface area contributed by atoms with Gasteiger partial charge in [0.25, 0.3) is 5.91 Å². The number of carbonyl (C=O) groups is 1. The molecule has 0 aliphatic carbocycles. The van der Waals surface area contributed by atoms with Crippen molar-refractivity contribution in [1.29, 1.82) is 0 Å². The SMILES string of the molecule is CCN(CC)CCN(C(=O)c1cc2ccccc2oc1=O)c1nc2c(OC)cccc2s1. The van der Waals surface area contributed by atoms with E-state index in [9.17, 15) is 9.59 Å². The number of likely N-dealkylation sites (N-methyl/N-ethyl adjacent to an activating group) is 1. The number of benzene rings is 2. The molecule has 2 aromatic carbocycles. The highest BCUT2D eigenvalue weighted by molar-refractivity contribution is 7.22. The number of hydrogen-bond donors (Lipinski definition) is 0. The average Bonchev–Trinajstić information content (AvgIpc) is 3.25. The molecule has 1 amide bonds. The van der Waals surface area contributed by atoms with Crippen LogP contribution in [0.25, 0.3) is 21.2 Å². The van der Waals surface area contributed by atoms with Crippen molar-refractivity contribution in [3.63, 3.8) is 0 Å². The quantitative estimate of drug-likeness (QED) is 0.370. The fraction of sp³-hybridized carbons (Fsp3) is 0.292. The van der Waals surface area contributed by atoms with E-state index in [1.807, 2.05) is 30.3 Å². The van der Waals surface area contributed by atoms with Crippen molar-refractivity contribution in [1.82, 2.24) is 9.88 Å². The molecule has 4 rings (SSSR count). The van der Waals surface area contributed by atoms with E-state index in [1.165, 1.54) is 11.3 Å². The Morgan fingerprint density at radius 3 is 2.62 bits per heavy atom. The van der Waals surface area contributed by atoms with E-state index in [1.54, 1.807) is 30.2 Å². The zero-order valence-electron chi connectivity index (χ0n) is 18.3. The molecule has 7 nitrogen and oxygen atoms in total. The summed E-state index contributed by atoms with van der Waals surface area (Å²) in [5.74, 6) is 0.223. The van der Waals surface area contributed by atoms with Gasteiger partial charge in [0.15, 0.2) is 5.13 Å². The van der Waals surface area contributed by atoms with Crippen molar-refractivity contribution in [2.45, 2.75) is 13.8 Å². The molecule has 0 radical (unpaired) electrons. The number of fused-ring (bicyclic) bond motifs is 2. The number of anilines is 1. The number of methoxy groups -OCH3 is 1. The van der Waals surface area contributed by atoms with Gasteiger partial charge in [-0.1, -0.05) is 49.4 Å². The molecule has 2 aromatic heterocycles. The molecule has 4 aromatic rings. The summed E-state index contributed by atoms with van der Waals surface area (Å²) in [4.78, 5) is 34.8. The van der Waals surface area contributed by atoms with E-state index in [4.69, 9.17) is 14.1 Å². The molecule has 8 heteroatoms. The number of rotatable bonds is 8.